The Morgan fingerprint density at radius 1 is 1.38 bits per heavy atom. The number of aliphatic carboxylic acids is 1. The van der Waals surface area contributed by atoms with Gasteiger partial charge in [0.25, 0.3) is 0 Å². The number of nitrogens with one attached hydrogen (secondary N) is 1. The average molecular weight is 293 g/mol. The molecule has 1 aromatic rings. The highest BCUT2D eigenvalue weighted by atomic mass is 19.1. The second-order valence-corrected chi connectivity index (χ2v) is 5.74. The fourth-order valence-electron chi connectivity index (χ4n) is 3.01. The first-order valence-corrected chi connectivity index (χ1v) is 7.23. The lowest BCUT2D eigenvalue weighted by molar-refractivity contribution is -0.151. The minimum atomic E-state index is -1.22. The second-order valence-electron chi connectivity index (χ2n) is 5.74. The van der Waals surface area contributed by atoms with Gasteiger partial charge in [-0.1, -0.05) is 38.0 Å². The number of amides is 1. The number of carboxylic acid groups (broad SMARTS) is 1. The van der Waals surface area contributed by atoms with Gasteiger partial charge in [-0.15, -0.1) is 0 Å². The molecular formula is C16H20FNO3. The third-order valence-corrected chi connectivity index (χ3v) is 4.35. The van der Waals surface area contributed by atoms with Crippen LogP contribution in [0, 0.1) is 11.7 Å². The van der Waals surface area contributed by atoms with E-state index in [9.17, 15) is 19.1 Å². The van der Waals surface area contributed by atoms with E-state index in [0.717, 1.165) is 19.3 Å². The Morgan fingerprint density at radius 2 is 2.10 bits per heavy atom. The molecule has 1 fully saturated rings. The van der Waals surface area contributed by atoms with Crippen molar-refractivity contribution in [3.63, 3.8) is 0 Å². The van der Waals surface area contributed by atoms with Crippen molar-refractivity contribution in [2.45, 2.75) is 44.6 Å². The molecule has 2 atom stereocenters. The maximum Gasteiger partial charge on any atom is 0.329 e. The summed E-state index contributed by atoms with van der Waals surface area (Å²) in [7, 11) is 0. The third kappa shape index (κ3) is 3.23. The Kier molecular flexibility index (Phi) is 4.60. The number of rotatable bonds is 4. The molecule has 21 heavy (non-hydrogen) atoms. The first kappa shape index (κ1) is 15.5. The van der Waals surface area contributed by atoms with Gasteiger partial charge in [-0.3, -0.25) is 4.79 Å². The predicted octanol–water partition coefficient (Wildman–Crippen LogP) is 2.52. The largest absolute Gasteiger partial charge is 0.479 e. The SMILES string of the molecule is CC1CCCCC1(NC(=O)Cc1ccccc1F)C(=O)O. The van der Waals surface area contributed by atoms with E-state index in [1.54, 1.807) is 12.1 Å². The maximum atomic E-state index is 13.6. The summed E-state index contributed by atoms with van der Waals surface area (Å²) in [6, 6.07) is 6.03. The zero-order valence-electron chi connectivity index (χ0n) is 12.1. The molecule has 2 unspecified atom stereocenters. The van der Waals surface area contributed by atoms with E-state index in [-0.39, 0.29) is 17.9 Å². The molecule has 0 radical (unpaired) electrons. The van der Waals surface area contributed by atoms with Crippen molar-refractivity contribution in [1.29, 1.82) is 0 Å². The monoisotopic (exact) mass is 293 g/mol. The summed E-state index contributed by atoms with van der Waals surface area (Å²) in [4.78, 5) is 23.8. The predicted molar refractivity (Wildman–Crippen MR) is 76.2 cm³/mol. The first-order valence-electron chi connectivity index (χ1n) is 7.23. The molecule has 2 N–H and O–H groups in total. The van der Waals surface area contributed by atoms with Crippen molar-refractivity contribution in [3.05, 3.63) is 35.6 Å². The molecule has 1 amide bonds. The van der Waals surface area contributed by atoms with Crippen molar-refractivity contribution in [2.24, 2.45) is 5.92 Å². The fraction of sp³-hybridized carbons (Fsp3) is 0.500. The third-order valence-electron chi connectivity index (χ3n) is 4.35. The lowest BCUT2D eigenvalue weighted by Crippen LogP contribution is -2.60. The number of hydrogen-bond donors (Lipinski definition) is 2. The van der Waals surface area contributed by atoms with Crippen molar-refractivity contribution in [2.75, 3.05) is 0 Å². The van der Waals surface area contributed by atoms with Crippen LogP contribution in [-0.2, 0) is 16.0 Å². The van der Waals surface area contributed by atoms with E-state index in [1.165, 1.54) is 12.1 Å². The highest BCUT2D eigenvalue weighted by Crippen LogP contribution is 2.34. The standard InChI is InChI=1S/C16H20FNO3/c1-11-6-4-5-9-16(11,15(20)21)18-14(19)10-12-7-2-3-8-13(12)17/h2-3,7-8,11H,4-6,9-10H2,1H3,(H,18,19)(H,20,21). The number of hydrogen-bond acceptors (Lipinski definition) is 2. The lowest BCUT2D eigenvalue weighted by atomic mass is 9.73. The zero-order valence-corrected chi connectivity index (χ0v) is 12.1. The van der Waals surface area contributed by atoms with Crippen LogP contribution in [-0.4, -0.2) is 22.5 Å². The van der Waals surface area contributed by atoms with Crippen molar-refractivity contribution in [1.82, 2.24) is 5.32 Å². The molecule has 1 saturated carbocycles. The van der Waals surface area contributed by atoms with Gasteiger partial charge in [-0.05, 0) is 30.4 Å². The first-order chi connectivity index (χ1) is 9.95. The van der Waals surface area contributed by atoms with Crippen LogP contribution in [0.4, 0.5) is 4.39 Å². The number of carbonyl (C=O) groups is 2. The molecule has 0 aromatic heterocycles. The highest BCUT2D eigenvalue weighted by molar-refractivity contribution is 5.88. The van der Waals surface area contributed by atoms with Gasteiger partial charge in [0, 0.05) is 0 Å². The Balaban J connectivity index is 2.12. The topological polar surface area (TPSA) is 66.4 Å². The highest BCUT2D eigenvalue weighted by Gasteiger charge is 2.46. The summed E-state index contributed by atoms with van der Waals surface area (Å²) in [5.74, 6) is -2.03. The van der Waals surface area contributed by atoms with E-state index < -0.39 is 23.2 Å². The smallest absolute Gasteiger partial charge is 0.329 e. The van der Waals surface area contributed by atoms with Gasteiger partial charge < -0.3 is 10.4 Å². The molecule has 1 aromatic carbocycles. The van der Waals surface area contributed by atoms with Crippen LogP contribution in [0.15, 0.2) is 24.3 Å². The molecule has 5 heteroatoms. The summed E-state index contributed by atoms with van der Waals surface area (Å²) >= 11 is 0. The number of halogens is 1. The van der Waals surface area contributed by atoms with Crippen molar-refractivity contribution >= 4 is 11.9 Å². The van der Waals surface area contributed by atoms with E-state index in [4.69, 9.17) is 0 Å². The number of benzene rings is 1. The lowest BCUT2D eigenvalue weighted by Gasteiger charge is -2.39. The van der Waals surface area contributed by atoms with Crippen LogP contribution in [0.25, 0.3) is 0 Å². The molecular weight excluding hydrogens is 273 g/mol. The molecule has 2 rings (SSSR count). The van der Waals surface area contributed by atoms with E-state index in [2.05, 4.69) is 5.32 Å². The van der Waals surface area contributed by atoms with Crippen LogP contribution in [0.5, 0.6) is 0 Å². The van der Waals surface area contributed by atoms with E-state index >= 15 is 0 Å². The molecule has 0 saturated heterocycles. The average Bonchev–Trinajstić information content (AvgIpc) is 2.44. The molecule has 114 valence electrons. The molecule has 4 nitrogen and oxygen atoms in total. The van der Waals surface area contributed by atoms with Gasteiger partial charge in [0.15, 0.2) is 0 Å². The molecule has 0 spiro atoms. The summed E-state index contributed by atoms with van der Waals surface area (Å²) in [5, 5.41) is 12.2. The summed E-state index contributed by atoms with van der Waals surface area (Å²) in [6.07, 6.45) is 2.79. The van der Waals surface area contributed by atoms with Crippen molar-refractivity contribution in [3.8, 4) is 0 Å². The van der Waals surface area contributed by atoms with E-state index in [0.29, 0.717) is 6.42 Å². The normalized spacial score (nSPS) is 25.3. The van der Waals surface area contributed by atoms with Gasteiger partial charge in [0.1, 0.15) is 11.4 Å². The Bertz CT molecular complexity index is 546. The van der Waals surface area contributed by atoms with Gasteiger partial charge in [0.2, 0.25) is 5.91 Å². The minimum Gasteiger partial charge on any atom is -0.479 e. The minimum absolute atomic E-state index is 0.131. The van der Waals surface area contributed by atoms with Gasteiger partial charge in [-0.25, -0.2) is 9.18 Å². The van der Waals surface area contributed by atoms with Crippen LogP contribution in [0.3, 0.4) is 0 Å². The number of carbonyl (C=O) groups excluding carboxylic acids is 1. The Morgan fingerprint density at radius 3 is 2.71 bits per heavy atom. The number of carboxylic acids is 1. The summed E-state index contributed by atoms with van der Waals surface area (Å²) < 4.78 is 13.6. The van der Waals surface area contributed by atoms with E-state index in [1.807, 2.05) is 6.92 Å². The van der Waals surface area contributed by atoms with Crippen molar-refractivity contribution < 1.29 is 19.1 Å². The van der Waals surface area contributed by atoms with Crippen LogP contribution in [0.1, 0.15) is 38.2 Å². The maximum absolute atomic E-state index is 13.6. The quantitative estimate of drug-likeness (QED) is 0.896. The second kappa shape index (κ2) is 6.24. The van der Waals surface area contributed by atoms with Gasteiger partial charge in [-0.2, -0.15) is 0 Å². The Hall–Kier alpha value is -1.91. The molecule has 1 aliphatic rings. The molecule has 0 bridgehead atoms. The van der Waals surface area contributed by atoms with Crippen LogP contribution in [0.2, 0.25) is 0 Å². The molecule has 1 aliphatic carbocycles. The fourth-order valence-corrected chi connectivity index (χ4v) is 3.01. The summed E-state index contributed by atoms with van der Waals surface area (Å²) in [5.41, 5.74) is -0.945. The Labute approximate surface area is 123 Å². The van der Waals surface area contributed by atoms with Crippen LogP contribution >= 0.6 is 0 Å². The molecule has 0 aliphatic heterocycles. The molecule has 0 heterocycles. The van der Waals surface area contributed by atoms with Crippen LogP contribution < -0.4 is 5.32 Å². The van der Waals surface area contributed by atoms with Gasteiger partial charge >= 0.3 is 5.97 Å². The zero-order chi connectivity index (χ0) is 15.5. The summed E-state index contributed by atoms with van der Waals surface area (Å²) in [6.45, 7) is 1.84. The van der Waals surface area contributed by atoms with Gasteiger partial charge in [0.05, 0.1) is 6.42 Å².